The lowest BCUT2D eigenvalue weighted by Crippen LogP contribution is -2.43. The molecule has 1 aliphatic rings. The van der Waals surface area contributed by atoms with Crippen LogP contribution in [0.3, 0.4) is 0 Å². The van der Waals surface area contributed by atoms with Crippen molar-refractivity contribution in [1.82, 2.24) is 4.90 Å². The first-order valence-corrected chi connectivity index (χ1v) is 6.30. The molecule has 88 valence electrons. The third kappa shape index (κ3) is 3.51. The maximum absolute atomic E-state index is 12.0. The van der Waals surface area contributed by atoms with E-state index in [9.17, 15) is 4.79 Å². The molecule has 0 saturated carbocycles. The van der Waals surface area contributed by atoms with Gasteiger partial charge in [-0.1, -0.05) is 6.92 Å². The number of halogens is 2. The minimum atomic E-state index is -0.295. The van der Waals surface area contributed by atoms with E-state index in [-0.39, 0.29) is 12.0 Å². The van der Waals surface area contributed by atoms with Crippen molar-refractivity contribution in [3.05, 3.63) is 0 Å². The molecule has 3 nitrogen and oxygen atoms in total. The van der Waals surface area contributed by atoms with Gasteiger partial charge >= 0.3 is 0 Å². The molecule has 0 bridgehead atoms. The summed E-state index contributed by atoms with van der Waals surface area (Å²) in [6.07, 6.45) is 0.655. The molecule has 0 spiro atoms. The molecule has 1 heterocycles. The Balaban J connectivity index is 2.54. The average Bonchev–Trinajstić information content (AvgIpc) is 2.63. The molecule has 15 heavy (non-hydrogen) atoms. The van der Waals surface area contributed by atoms with Gasteiger partial charge in [-0.2, -0.15) is 0 Å². The van der Waals surface area contributed by atoms with Crippen LogP contribution in [0.2, 0.25) is 0 Å². The first-order valence-electron chi connectivity index (χ1n) is 5.23. The van der Waals surface area contributed by atoms with Gasteiger partial charge in [0.2, 0.25) is 0 Å². The SMILES string of the molecule is CC1CCOC1C(=O)N(CCCl)CCCl. The summed E-state index contributed by atoms with van der Waals surface area (Å²) in [5.74, 6) is 1.19. The van der Waals surface area contributed by atoms with Gasteiger partial charge in [0, 0.05) is 31.5 Å². The second kappa shape index (κ2) is 6.56. The largest absolute Gasteiger partial charge is 0.368 e. The molecule has 0 N–H and O–H groups in total. The fraction of sp³-hybridized carbons (Fsp3) is 0.900. The predicted molar refractivity (Wildman–Crippen MR) is 61.5 cm³/mol. The van der Waals surface area contributed by atoms with Crippen molar-refractivity contribution in [1.29, 1.82) is 0 Å². The number of rotatable bonds is 5. The number of ether oxygens (including phenoxy) is 1. The molecule has 1 rings (SSSR count). The molecule has 0 aliphatic carbocycles. The highest BCUT2D eigenvalue weighted by Gasteiger charge is 2.33. The molecule has 1 fully saturated rings. The molecule has 2 atom stereocenters. The average molecular weight is 254 g/mol. The van der Waals surface area contributed by atoms with E-state index < -0.39 is 0 Å². The van der Waals surface area contributed by atoms with Crippen molar-refractivity contribution in [2.24, 2.45) is 5.92 Å². The first kappa shape index (κ1) is 13.1. The van der Waals surface area contributed by atoms with Gasteiger partial charge in [-0.15, -0.1) is 23.2 Å². The maximum Gasteiger partial charge on any atom is 0.252 e. The second-order valence-electron chi connectivity index (χ2n) is 3.76. The van der Waals surface area contributed by atoms with E-state index in [1.807, 2.05) is 6.92 Å². The summed E-state index contributed by atoms with van der Waals surface area (Å²) >= 11 is 11.3. The van der Waals surface area contributed by atoms with Crippen LogP contribution in [0, 0.1) is 5.92 Å². The van der Waals surface area contributed by atoms with E-state index in [1.165, 1.54) is 0 Å². The maximum atomic E-state index is 12.0. The second-order valence-corrected chi connectivity index (χ2v) is 4.52. The zero-order valence-electron chi connectivity index (χ0n) is 8.92. The summed E-state index contributed by atoms with van der Waals surface area (Å²) in [5, 5.41) is 0. The Kier molecular flexibility index (Phi) is 5.72. The highest BCUT2D eigenvalue weighted by Crippen LogP contribution is 2.21. The minimum absolute atomic E-state index is 0.0290. The highest BCUT2D eigenvalue weighted by atomic mass is 35.5. The van der Waals surface area contributed by atoms with E-state index in [0.717, 1.165) is 6.42 Å². The fourth-order valence-corrected chi connectivity index (χ4v) is 2.14. The van der Waals surface area contributed by atoms with Gasteiger partial charge < -0.3 is 9.64 Å². The van der Waals surface area contributed by atoms with Crippen LogP contribution in [0.5, 0.6) is 0 Å². The summed E-state index contributed by atoms with van der Waals surface area (Å²) in [7, 11) is 0. The van der Waals surface area contributed by atoms with Crippen molar-refractivity contribution < 1.29 is 9.53 Å². The molecule has 0 aromatic carbocycles. The Morgan fingerprint density at radius 3 is 2.40 bits per heavy atom. The molecular weight excluding hydrogens is 237 g/mol. The van der Waals surface area contributed by atoms with Crippen molar-refractivity contribution >= 4 is 29.1 Å². The van der Waals surface area contributed by atoms with Gasteiger partial charge in [0.05, 0.1) is 0 Å². The number of hydrogen-bond acceptors (Lipinski definition) is 2. The number of hydrogen-bond donors (Lipinski definition) is 0. The fourth-order valence-electron chi connectivity index (χ4n) is 1.73. The van der Waals surface area contributed by atoms with Crippen LogP contribution in [-0.2, 0) is 9.53 Å². The summed E-state index contributed by atoms with van der Waals surface area (Å²) < 4.78 is 5.42. The topological polar surface area (TPSA) is 29.5 Å². The zero-order chi connectivity index (χ0) is 11.3. The molecular formula is C10H17Cl2NO2. The van der Waals surface area contributed by atoms with Gasteiger partial charge in [-0.25, -0.2) is 0 Å². The summed E-state index contributed by atoms with van der Waals surface area (Å²) in [6, 6.07) is 0. The number of carbonyl (C=O) groups is 1. The van der Waals surface area contributed by atoms with Gasteiger partial charge in [-0.3, -0.25) is 4.79 Å². The van der Waals surface area contributed by atoms with E-state index >= 15 is 0 Å². The van der Waals surface area contributed by atoms with Gasteiger partial charge in [0.1, 0.15) is 6.10 Å². The molecule has 1 saturated heterocycles. The number of amides is 1. The van der Waals surface area contributed by atoms with Crippen LogP contribution in [0.1, 0.15) is 13.3 Å². The van der Waals surface area contributed by atoms with E-state index in [4.69, 9.17) is 27.9 Å². The monoisotopic (exact) mass is 253 g/mol. The van der Waals surface area contributed by atoms with Gasteiger partial charge in [0.25, 0.3) is 5.91 Å². The van der Waals surface area contributed by atoms with E-state index in [2.05, 4.69) is 0 Å². The normalized spacial score (nSPS) is 25.5. The van der Waals surface area contributed by atoms with E-state index in [0.29, 0.717) is 37.4 Å². The van der Waals surface area contributed by atoms with Crippen LogP contribution in [-0.4, -0.2) is 48.4 Å². The number of carbonyl (C=O) groups excluding carboxylic acids is 1. The Labute approximate surface area is 101 Å². The van der Waals surface area contributed by atoms with Crippen LogP contribution in [0.4, 0.5) is 0 Å². The highest BCUT2D eigenvalue weighted by molar-refractivity contribution is 6.18. The third-order valence-electron chi connectivity index (χ3n) is 2.65. The molecule has 0 aromatic heterocycles. The van der Waals surface area contributed by atoms with Crippen molar-refractivity contribution in [3.63, 3.8) is 0 Å². The lowest BCUT2D eigenvalue weighted by molar-refractivity contribution is -0.141. The lowest BCUT2D eigenvalue weighted by Gasteiger charge is -2.25. The Bertz CT molecular complexity index is 208. The molecule has 1 amide bonds. The van der Waals surface area contributed by atoms with Crippen LogP contribution < -0.4 is 0 Å². The molecule has 1 aliphatic heterocycles. The minimum Gasteiger partial charge on any atom is -0.368 e. The van der Waals surface area contributed by atoms with E-state index in [1.54, 1.807) is 4.90 Å². The van der Waals surface area contributed by atoms with Crippen LogP contribution >= 0.6 is 23.2 Å². The van der Waals surface area contributed by atoms with Crippen LogP contribution in [0.25, 0.3) is 0 Å². The van der Waals surface area contributed by atoms with Crippen molar-refractivity contribution in [2.45, 2.75) is 19.4 Å². The van der Waals surface area contributed by atoms with Gasteiger partial charge in [-0.05, 0) is 12.3 Å². The summed E-state index contributed by atoms with van der Waals surface area (Å²) in [4.78, 5) is 13.7. The summed E-state index contributed by atoms with van der Waals surface area (Å²) in [6.45, 7) is 3.79. The smallest absolute Gasteiger partial charge is 0.252 e. The Hall–Kier alpha value is 0.01000. The quantitative estimate of drug-likeness (QED) is 0.699. The van der Waals surface area contributed by atoms with Crippen molar-refractivity contribution in [2.75, 3.05) is 31.5 Å². The van der Waals surface area contributed by atoms with Crippen LogP contribution in [0.15, 0.2) is 0 Å². The molecule has 0 aromatic rings. The number of alkyl halides is 2. The molecule has 0 radical (unpaired) electrons. The standard InChI is InChI=1S/C10H17Cl2NO2/c1-8-2-7-15-9(8)10(14)13(5-3-11)6-4-12/h8-9H,2-7H2,1H3. The molecule has 5 heteroatoms. The predicted octanol–water partition coefficient (Wildman–Crippen LogP) is 1.72. The third-order valence-corrected chi connectivity index (χ3v) is 2.99. The summed E-state index contributed by atoms with van der Waals surface area (Å²) in [5.41, 5.74) is 0. The van der Waals surface area contributed by atoms with Gasteiger partial charge in [0.15, 0.2) is 0 Å². The zero-order valence-corrected chi connectivity index (χ0v) is 10.4. The first-order chi connectivity index (χ1) is 7.20. The number of nitrogens with zero attached hydrogens (tertiary/aromatic N) is 1. The van der Waals surface area contributed by atoms with Crippen molar-refractivity contribution in [3.8, 4) is 0 Å². The Morgan fingerprint density at radius 1 is 1.40 bits per heavy atom. The Morgan fingerprint density at radius 2 is 2.00 bits per heavy atom. The molecule has 2 unspecified atom stereocenters. The lowest BCUT2D eigenvalue weighted by atomic mass is 10.0.